The van der Waals surface area contributed by atoms with Gasteiger partial charge in [0.2, 0.25) is 12.2 Å². The quantitative estimate of drug-likeness (QED) is 0.185. The van der Waals surface area contributed by atoms with E-state index >= 15 is 0 Å². The number of pyridine rings is 2. The van der Waals surface area contributed by atoms with E-state index in [1.807, 2.05) is 6.07 Å². The van der Waals surface area contributed by atoms with Crippen molar-refractivity contribution in [2.75, 3.05) is 6.61 Å². The highest BCUT2D eigenvalue weighted by atomic mass is 19.3. The van der Waals surface area contributed by atoms with Gasteiger partial charge in [-0.15, -0.1) is 0 Å². The van der Waals surface area contributed by atoms with Crippen molar-refractivity contribution in [3.05, 3.63) is 82.8 Å². The van der Waals surface area contributed by atoms with Crippen LogP contribution in [0, 0.1) is 0 Å². The highest BCUT2D eigenvalue weighted by Gasteiger charge is 2.44. The van der Waals surface area contributed by atoms with Gasteiger partial charge < -0.3 is 45.5 Å². The summed E-state index contributed by atoms with van der Waals surface area (Å²) < 4.78 is 45.0. The van der Waals surface area contributed by atoms with Gasteiger partial charge in [-0.05, 0) is 68.0 Å². The summed E-state index contributed by atoms with van der Waals surface area (Å²) in [5.41, 5.74) is 6.76. The van der Waals surface area contributed by atoms with E-state index in [4.69, 9.17) is 19.9 Å². The van der Waals surface area contributed by atoms with E-state index in [0.29, 0.717) is 17.7 Å². The molecule has 2 aliphatic rings. The molecule has 238 valence electrons. The fourth-order valence-corrected chi connectivity index (χ4v) is 5.03. The summed E-state index contributed by atoms with van der Waals surface area (Å²) in [6, 6.07) is 9.91. The molecule has 2 fully saturated rings. The molecule has 1 saturated heterocycles. The number of aliphatic hydroxyl groups is 5. The van der Waals surface area contributed by atoms with Crippen molar-refractivity contribution in [1.29, 1.82) is 0 Å². The Hall–Kier alpha value is -3.30. The molecule has 0 radical (unpaired) electrons. The minimum Gasteiger partial charge on any atom is -0.490 e. The first-order valence-corrected chi connectivity index (χ1v) is 14.3. The van der Waals surface area contributed by atoms with Gasteiger partial charge in [0, 0.05) is 24.4 Å². The molecule has 1 saturated carbocycles. The summed E-state index contributed by atoms with van der Waals surface area (Å²) >= 11 is 0. The van der Waals surface area contributed by atoms with Crippen molar-refractivity contribution in [2.24, 2.45) is 5.73 Å². The van der Waals surface area contributed by atoms with Crippen molar-refractivity contribution in [3.63, 3.8) is 0 Å². The third-order valence-corrected chi connectivity index (χ3v) is 7.77. The minimum atomic E-state index is -4.08. The molecule has 1 aromatic carbocycles. The lowest BCUT2D eigenvalue weighted by Gasteiger charge is -2.40. The summed E-state index contributed by atoms with van der Waals surface area (Å²) in [6.45, 7) is 2.69. The Morgan fingerprint density at radius 3 is 2.27 bits per heavy atom. The average Bonchev–Trinajstić information content (AvgIpc) is 3.80. The van der Waals surface area contributed by atoms with Gasteiger partial charge in [0.25, 0.3) is 0 Å². The maximum atomic E-state index is 14.0. The normalized spacial score (nSPS) is 25.0. The van der Waals surface area contributed by atoms with Crippen LogP contribution in [0.1, 0.15) is 60.6 Å². The van der Waals surface area contributed by atoms with E-state index in [1.165, 1.54) is 12.1 Å². The molecule has 3 aromatic rings. The van der Waals surface area contributed by atoms with Crippen LogP contribution in [0.5, 0.6) is 11.6 Å². The summed E-state index contributed by atoms with van der Waals surface area (Å²) in [5, 5.41) is 49.5. The molecule has 0 spiro atoms. The summed E-state index contributed by atoms with van der Waals surface area (Å²) in [4.78, 5) is 8.76. The molecule has 6 atom stereocenters. The van der Waals surface area contributed by atoms with Crippen LogP contribution in [0.3, 0.4) is 0 Å². The van der Waals surface area contributed by atoms with E-state index in [2.05, 4.69) is 9.97 Å². The third kappa shape index (κ3) is 7.32. The van der Waals surface area contributed by atoms with Gasteiger partial charge in [0.05, 0.1) is 30.0 Å². The number of hydrogen-bond donors (Lipinski definition) is 6. The SMILES string of the molecule is CC(C)(O)c1ccc([C@@H](Cc2ccc(O[C@@H]3OC(CO)[C@@H](O)C(O)[C@H]3N)nc2)c2ccc(C(O)(F)F)c(OC3CC3)c2)cn1. The maximum absolute atomic E-state index is 14.0. The van der Waals surface area contributed by atoms with Crippen LogP contribution in [0.25, 0.3) is 0 Å². The Morgan fingerprint density at radius 1 is 0.977 bits per heavy atom. The smallest absolute Gasteiger partial charge is 0.384 e. The molecule has 2 unspecified atom stereocenters. The number of benzene rings is 1. The molecule has 1 aliphatic heterocycles. The molecule has 13 heteroatoms. The van der Waals surface area contributed by atoms with E-state index in [1.54, 1.807) is 44.4 Å². The van der Waals surface area contributed by atoms with Crippen LogP contribution in [-0.4, -0.2) is 78.9 Å². The molecule has 5 rings (SSSR count). The standard InChI is InChI=1S/C31H37F2N3O8/c1-30(2,40)24-9-5-18(14-35-24)20(17-4-8-21(31(32,33)41)22(12-17)42-19-6-7-19)11-16-3-10-25(36-13-16)44-29-26(34)28(39)27(38)23(15-37)43-29/h3-5,8-10,12-14,19-20,23,26-29,37-41H,6-7,11,15,34H2,1-2H3/t20-,23?,26+,27+,28?,29-/m0/s1. The number of nitrogens with two attached hydrogens (primary N) is 1. The molecule has 0 amide bonds. The van der Waals surface area contributed by atoms with E-state index in [-0.39, 0.29) is 17.7 Å². The van der Waals surface area contributed by atoms with Crippen LogP contribution in [0.15, 0.2) is 54.9 Å². The topological polar surface area (TPSA) is 181 Å². The average molecular weight is 618 g/mol. The Balaban J connectivity index is 1.42. The molecule has 3 heterocycles. The number of rotatable bonds is 11. The Bertz CT molecular complexity index is 1410. The van der Waals surface area contributed by atoms with Crippen LogP contribution >= 0.6 is 0 Å². The zero-order valence-electron chi connectivity index (χ0n) is 24.3. The second-order valence-electron chi connectivity index (χ2n) is 11.8. The Morgan fingerprint density at radius 2 is 1.70 bits per heavy atom. The number of alkyl halides is 2. The third-order valence-electron chi connectivity index (χ3n) is 7.77. The van der Waals surface area contributed by atoms with Gasteiger partial charge in [0.1, 0.15) is 29.7 Å². The predicted molar refractivity (Wildman–Crippen MR) is 152 cm³/mol. The van der Waals surface area contributed by atoms with Gasteiger partial charge in [-0.2, -0.15) is 8.78 Å². The van der Waals surface area contributed by atoms with Gasteiger partial charge in [-0.25, -0.2) is 4.98 Å². The summed E-state index contributed by atoms with van der Waals surface area (Å²) in [7, 11) is 0. The molecule has 11 nitrogen and oxygen atoms in total. The first-order chi connectivity index (χ1) is 20.7. The lowest BCUT2D eigenvalue weighted by Crippen LogP contribution is -2.63. The zero-order chi connectivity index (χ0) is 31.8. The van der Waals surface area contributed by atoms with Crippen molar-refractivity contribution >= 4 is 0 Å². The molecular weight excluding hydrogens is 580 g/mol. The predicted octanol–water partition coefficient (Wildman–Crippen LogP) is 1.81. The lowest BCUT2D eigenvalue weighted by molar-refractivity contribution is -0.240. The number of aliphatic hydroxyl groups excluding tert-OH is 3. The molecule has 1 aliphatic carbocycles. The van der Waals surface area contributed by atoms with Crippen molar-refractivity contribution in [1.82, 2.24) is 9.97 Å². The Kier molecular flexibility index (Phi) is 9.19. The highest BCUT2D eigenvalue weighted by molar-refractivity contribution is 5.44. The number of aromatic nitrogens is 2. The van der Waals surface area contributed by atoms with Gasteiger partial charge in [0.15, 0.2) is 0 Å². The largest absolute Gasteiger partial charge is 0.490 e. The van der Waals surface area contributed by atoms with E-state index in [9.17, 15) is 34.3 Å². The van der Waals surface area contributed by atoms with Crippen molar-refractivity contribution < 1.29 is 48.5 Å². The lowest BCUT2D eigenvalue weighted by atomic mass is 9.86. The molecular formula is C31H37F2N3O8. The zero-order valence-corrected chi connectivity index (χ0v) is 24.3. The highest BCUT2D eigenvalue weighted by Crippen LogP contribution is 2.40. The maximum Gasteiger partial charge on any atom is 0.384 e. The molecule has 7 N–H and O–H groups in total. The van der Waals surface area contributed by atoms with Crippen LogP contribution < -0.4 is 15.2 Å². The monoisotopic (exact) mass is 617 g/mol. The number of hydrogen-bond acceptors (Lipinski definition) is 11. The number of halogens is 2. The van der Waals surface area contributed by atoms with Crippen molar-refractivity contribution in [3.8, 4) is 11.6 Å². The minimum absolute atomic E-state index is 0.0947. The van der Waals surface area contributed by atoms with E-state index < -0.39 is 60.4 Å². The van der Waals surface area contributed by atoms with Crippen molar-refractivity contribution in [2.45, 2.75) is 87.5 Å². The van der Waals surface area contributed by atoms with Crippen LogP contribution in [0.4, 0.5) is 8.78 Å². The first kappa shape index (κ1) is 32.1. The van der Waals surface area contributed by atoms with Gasteiger partial charge >= 0.3 is 6.11 Å². The number of ether oxygens (including phenoxy) is 3. The molecule has 2 aromatic heterocycles. The second kappa shape index (κ2) is 12.6. The molecule has 0 bridgehead atoms. The van der Waals surface area contributed by atoms with Crippen LogP contribution in [-0.2, 0) is 22.9 Å². The fourth-order valence-electron chi connectivity index (χ4n) is 5.03. The first-order valence-electron chi connectivity index (χ1n) is 14.3. The molecule has 44 heavy (non-hydrogen) atoms. The van der Waals surface area contributed by atoms with Gasteiger partial charge in [-0.3, -0.25) is 4.98 Å². The summed E-state index contributed by atoms with van der Waals surface area (Å²) in [6.07, 6.45) is -4.27. The second-order valence-corrected chi connectivity index (χ2v) is 11.8. The number of nitrogens with zero attached hydrogens (tertiary/aromatic N) is 2. The summed E-state index contributed by atoms with van der Waals surface area (Å²) in [5.74, 6) is -0.383. The Labute approximate surface area is 252 Å². The van der Waals surface area contributed by atoms with Gasteiger partial charge in [-0.1, -0.05) is 18.2 Å². The van der Waals surface area contributed by atoms with E-state index in [0.717, 1.165) is 30.0 Å². The fraction of sp³-hybridized carbons (Fsp3) is 0.484. The van der Waals surface area contributed by atoms with Crippen LogP contribution in [0.2, 0.25) is 0 Å².